The molecular weight excluding hydrogens is 304 g/mol. The van der Waals surface area contributed by atoms with Crippen molar-refractivity contribution in [3.05, 3.63) is 34.5 Å². The van der Waals surface area contributed by atoms with Crippen LogP contribution < -0.4 is 5.32 Å². The van der Waals surface area contributed by atoms with Gasteiger partial charge in [-0.25, -0.2) is 4.98 Å². The van der Waals surface area contributed by atoms with Crippen molar-refractivity contribution in [3.63, 3.8) is 0 Å². The molecule has 0 spiro atoms. The van der Waals surface area contributed by atoms with Gasteiger partial charge >= 0.3 is 0 Å². The van der Waals surface area contributed by atoms with Crippen LogP contribution in [0.5, 0.6) is 0 Å². The lowest BCUT2D eigenvalue weighted by molar-refractivity contribution is 0.578. The maximum Gasteiger partial charge on any atom is 0.205 e. The number of thiazole rings is 1. The average Bonchev–Trinajstić information content (AvgIpc) is 3.16. The van der Waals surface area contributed by atoms with Crippen LogP contribution in [0, 0.1) is 0 Å². The van der Waals surface area contributed by atoms with E-state index in [4.69, 9.17) is 4.42 Å². The zero-order valence-corrected chi connectivity index (χ0v) is 13.7. The van der Waals surface area contributed by atoms with E-state index in [9.17, 15) is 0 Å². The second kappa shape index (κ2) is 5.57. The molecule has 0 atom stereocenters. The van der Waals surface area contributed by atoms with Gasteiger partial charge in [0.05, 0.1) is 12.8 Å². The molecule has 1 N–H and O–H groups in total. The van der Waals surface area contributed by atoms with Gasteiger partial charge in [0.25, 0.3) is 0 Å². The van der Waals surface area contributed by atoms with E-state index in [1.807, 2.05) is 18.3 Å². The minimum atomic E-state index is 0.0363. The molecule has 7 heteroatoms. The summed E-state index contributed by atoms with van der Waals surface area (Å²) in [4.78, 5) is 5.50. The number of anilines is 1. The van der Waals surface area contributed by atoms with Crippen molar-refractivity contribution in [2.45, 2.75) is 32.7 Å². The Labute approximate surface area is 131 Å². The second-order valence-electron chi connectivity index (χ2n) is 5.62. The standard InChI is InChI=1S/C14H16N4OS2/c1-14(2,3)12-17-18-13(21-12)16-8-9-7-15-11(20-9)10-5-4-6-19-10/h4-7H,8H2,1-3H3,(H,16,18). The molecule has 0 saturated heterocycles. The van der Waals surface area contributed by atoms with Crippen molar-refractivity contribution in [2.24, 2.45) is 0 Å². The van der Waals surface area contributed by atoms with Crippen LogP contribution in [0.25, 0.3) is 10.8 Å². The zero-order chi connectivity index (χ0) is 14.9. The number of hydrogen-bond acceptors (Lipinski definition) is 7. The van der Waals surface area contributed by atoms with E-state index in [-0.39, 0.29) is 5.41 Å². The molecule has 5 nitrogen and oxygen atoms in total. The van der Waals surface area contributed by atoms with Gasteiger partial charge in [-0.05, 0) is 12.1 Å². The van der Waals surface area contributed by atoms with E-state index >= 15 is 0 Å². The van der Waals surface area contributed by atoms with Crippen molar-refractivity contribution in [1.29, 1.82) is 0 Å². The molecule has 3 rings (SSSR count). The fourth-order valence-electron chi connectivity index (χ4n) is 1.66. The van der Waals surface area contributed by atoms with Gasteiger partial charge < -0.3 is 9.73 Å². The first-order valence-corrected chi connectivity index (χ1v) is 8.22. The highest BCUT2D eigenvalue weighted by molar-refractivity contribution is 7.15. The molecule has 3 heterocycles. The third-order valence-electron chi connectivity index (χ3n) is 2.77. The molecule has 0 aliphatic rings. The van der Waals surface area contributed by atoms with Gasteiger partial charge in [-0.2, -0.15) is 0 Å². The van der Waals surface area contributed by atoms with Gasteiger partial charge in [-0.3, -0.25) is 0 Å². The van der Waals surface area contributed by atoms with Crippen LogP contribution in [0.4, 0.5) is 5.13 Å². The van der Waals surface area contributed by atoms with Gasteiger partial charge in [-0.1, -0.05) is 32.1 Å². The van der Waals surface area contributed by atoms with Crippen LogP contribution in [-0.2, 0) is 12.0 Å². The van der Waals surface area contributed by atoms with Crippen LogP contribution in [0.2, 0.25) is 0 Å². The summed E-state index contributed by atoms with van der Waals surface area (Å²) < 4.78 is 5.34. The first kappa shape index (κ1) is 14.2. The Morgan fingerprint density at radius 2 is 2.10 bits per heavy atom. The van der Waals surface area contributed by atoms with Crippen molar-refractivity contribution in [2.75, 3.05) is 5.32 Å². The Kier molecular flexibility index (Phi) is 3.77. The van der Waals surface area contributed by atoms with E-state index < -0.39 is 0 Å². The first-order chi connectivity index (χ1) is 10.0. The van der Waals surface area contributed by atoms with E-state index in [1.165, 1.54) is 0 Å². The van der Waals surface area contributed by atoms with E-state index in [0.29, 0.717) is 6.54 Å². The number of furan rings is 1. The molecule has 0 saturated carbocycles. The highest BCUT2D eigenvalue weighted by Crippen LogP contribution is 2.29. The number of rotatable bonds is 4. The van der Waals surface area contributed by atoms with Crippen LogP contribution in [0.3, 0.4) is 0 Å². The molecule has 0 radical (unpaired) electrons. The molecule has 0 unspecified atom stereocenters. The van der Waals surface area contributed by atoms with E-state index in [0.717, 1.165) is 25.8 Å². The van der Waals surface area contributed by atoms with Gasteiger partial charge in [0, 0.05) is 16.5 Å². The molecule has 0 amide bonds. The Morgan fingerprint density at radius 3 is 2.76 bits per heavy atom. The Bertz CT molecular complexity index is 709. The van der Waals surface area contributed by atoms with Crippen LogP contribution in [-0.4, -0.2) is 15.2 Å². The summed E-state index contributed by atoms with van der Waals surface area (Å²) in [6, 6.07) is 3.78. The highest BCUT2D eigenvalue weighted by Gasteiger charge is 2.19. The predicted octanol–water partition coefficient (Wildman–Crippen LogP) is 4.16. The largest absolute Gasteiger partial charge is 0.462 e. The molecule has 21 heavy (non-hydrogen) atoms. The maximum absolute atomic E-state index is 5.34. The van der Waals surface area contributed by atoms with Crippen LogP contribution in [0.1, 0.15) is 30.7 Å². The van der Waals surface area contributed by atoms with E-state index in [2.05, 4.69) is 41.3 Å². The monoisotopic (exact) mass is 320 g/mol. The third kappa shape index (κ3) is 3.30. The lowest BCUT2D eigenvalue weighted by atomic mass is 9.98. The van der Waals surface area contributed by atoms with Gasteiger partial charge in [-0.15, -0.1) is 21.5 Å². The summed E-state index contributed by atoms with van der Waals surface area (Å²) >= 11 is 3.21. The molecule has 3 aromatic heterocycles. The Balaban J connectivity index is 1.64. The molecule has 0 fully saturated rings. The number of nitrogens with one attached hydrogen (secondary N) is 1. The molecule has 0 aromatic carbocycles. The third-order valence-corrected chi connectivity index (χ3v) is 5.08. The summed E-state index contributed by atoms with van der Waals surface area (Å²) in [5.74, 6) is 0.803. The summed E-state index contributed by atoms with van der Waals surface area (Å²) in [5.41, 5.74) is 0.0363. The number of hydrogen-bond donors (Lipinski definition) is 1. The first-order valence-electron chi connectivity index (χ1n) is 6.59. The minimum Gasteiger partial charge on any atom is -0.462 e. The maximum atomic E-state index is 5.34. The molecular formula is C14H16N4OS2. The van der Waals surface area contributed by atoms with Gasteiger partial charge in [0.2, 0.25) is 5.13 Å². The average molecular weight is 320 g/mol. The van der Waals surface area contributed by atoms with Crippen molar-refractivity contribution in [3.8, 4) is 10.8 Å². The predicted molar refractivity (Wildman–Crippen MR) is 85.8 cm³/mol. The van der Waals surface area contributed by atoms with Gasteiger partial charge in [0.15, 0.2) is 10.8 Å². The van der Waals surface area contributed by atoms with Crippen LogP contribution >= 0.6 is 22.7 Å². The summed E-state index contributed by atoms with van der Waals surface area (Å²) in [5, 5.41) is 14.5. The zero-order valence-electron chi connectivity index (χ0n) is 12.1. The molecule has 0 aliphatic carbocycles. The summed E-state index contributed by atoms with van der Waals surface area (Å²) in [6.07, 6.45) is 3.52. The summed E-state index contributed by atoms with van der Waals surface area (Å²) in [6.45, 7) is 7.10. The normalized spacial score (nSPS) is 11.8. The fourth-order valence-corrected chi connectivity index (χ4v) is 3.28. The molecule has 0 aliphatic heterocycles. The van der Waals surface area contributed by atoms with Gasteiger partial charge in [0.1, 0.15) is 5.01 Å². The molecule has 0 bridgehead atoms. The smallest absolute Gasteiger partial charge is 0.205 e. The topological polar surface area (TPSA) is 63.8 Å². The van der Waals surface area contributed by atoms with E-state index in [1.54, 1.807) is 28.9 Å². The SMILES string of the molecule is CC(C)(C)c1nnc(NCc2cnc(-c3ccco3)s2)s1. The second-order valence-corrected chi connectivity index (χ2v) is 7.72. The number of nitrogens with zero attached hydrogens (tertiary/aromatic N) is 3. The van der Waals surface area contributed by atoms with Crippen molar-refractivity contribution >= 4 is 27.8 Å². The lowest BCUT2D eigenvalue weighted by Crippen LogP contribution is -2.10. The van der Waals surface area contributed by atoms with Crippen LogP contribution in [0.15, 0.2) is 29.0 Å². The minimum absolute atomic E-state index is 0.0363. The quantitative estimate of drug-likeness (QED) is 0.782. The van der Waals surface area contributed by atoms with Crippen molar-refractivity contribution < 1.29 is 4.42 Å². The molecule has 3 aromatic rings. The Morgan fingerprint density at radius 1 is 1.24 bits per heavy atom. The summed E-state index contributed by atoms with van der Waals surface area (Å²) in [7, 11) is 0. The van der Waals surface area contributed by atoms with Crippen molar-refractivity contribution in [1.82, 2.24) is 15.2 Å². The lowest BCUT2D eigenvalue weighted by Gasteiger charge is -2.12. The highest BCUT2D eigenvalue weighted by atomic mass is 32.1. The molecule has 110 valence electrons. The fraction of sp³-hybridized carbons (Fsp3) is 0.357. The number of aromatic nitrogens is 3. The Hall–Kier alpha value is -1.73.